The fourth-order valence-electron chi connectivity index (χ4n) is 4.74. The number of hydrogen-bond donors (Lipinski definition) is 0. The molecule has 32 heavy (non-hydrogen) atoms. The second kappa shape index (κ2) is 10.3. The van der Waals surface area contributed by atoms with Crippen LogP contribution in [-0.4, -0.2) is 44.2 Å². The van der Waals surface area contributed by atoms with Crippen molar-refractivity contribution in [2.75, 3.05) is 33.4 Å². The predicted molar refractivity (Wildman–Crippen MR) is 124 cm³/mol. The molecule has 0 saturated carbocycles. The number of carbonyl (C=O) groups excluding carboxylic acids is 1. The van der Waals surface area contributed by atoms with Crippen LogP contribution >= 0.6 is 0 Å². The van der Waals surface area contributed by atoms with Crippen molar-refractivity contribution in [2.45, 2.75) is 39.0 Å². The van der Waals surface area contributed by atoms with Gasteiger partial charge in [-0.1, -0.05) is 23.8 Å². The van der Waals surface area contributed by atoms with E-state index in [9.17, 15) is 9.18 Å². The van der Waals surface area contributed by atoms with Gasteiger partial charge in [0, 0.05) is 19.6 Å². The highest BCUT2D eigenvalue weighted by Gasteiger charge is 2.30. The summed E-state index contributed by atoms with van der Waals surface area (Å²) < 4.78 is 23.8. The minimum Gasteiger partial charge on any atom is -0.494 e. The van der Waals surface area contributed by atoms with E-state index in [1.54, 1.807) is 0 Å². The fraction of sp³-hybridized carbons (Fsp3) is 0.444. The van der Waals surface area contributed by atoms with Gasteiger partial charge in [0.1, 0.15) is 11.6 Å². The van der Waals surface area contributed by atoms with E-state index in [1.165, 1.54) is 41.5 Å². The van der Waals surface area contributed by atoms with Gasteiger partial charge in [-0.15, -0.1) is 0 Å². The fourth-order valence-corrected chi connectivity index (χ4v) is 4.74. The predicted octanol–water partition coefficient (Wildman–Crippen LogP) is 5.05. The third-order valence-electron chi connectivity index (χ3n) is 6.63. The lowest BCUT2D eigenvalue weighted by Gasteiger charge is -2.40. The van der Waals surface area contributed by atoms with Crippen molar-refractivity contribution in [3.63, 3.8) is 0 Å². The van der Waals surface area contributed by atoms with E-state index < -0.39 is 0 Å². The molecule has 0 atom stereocenters. The van der Waals surface area contributed by atoms with Crippen molar-refractivity contribution in [2.24, 2.45) is 5.92 Å². The summed E-state index contributed by atoms with van der Waals surface area (Å²) in [7, 11) is 1.46. The van der Waals surface area contributed by atoms with E-state index in [0.717, 1.165) is 56.6 Å². The van der Waals surface area contributed by atoms with E-state index >= 15 is 0 Å². The molecule has 0 N–H and O–H groups in total. The number of rotatable bonds is 9. The molecule has 2 aliphatic rings. The van der Waals surface area contributed by atoms with Crippen LogP contribution in [0.5, 0.6) is 5.75 Å². The van der Waals surface area contributed by atoms with Crippen LogP contribution in [0.1, 0.15) is 42.9 Å². The SMILES string of the molecule is COC(=O)CC1CN(CC2=C(C)c3ccc(OCCCc4ccc(F)cc4)cc3CC2)C1. The van der Waals surface area contributed by atoms with E-state index in [1.807, 2.05) is 12.1 Å². The Labute approximate surface area is 190 Å². The highest BCUT2D eigenvalue weighted by Crippen LogP contribution is 2.34. The van der Waals surface area contributed by atoms with Crippen LogP contribution in [-0.2, 0) is 22.4 Å². The van der Waals surface area contributed by atoms with Crippen LogP contribution in [0.4, 0.5) is 4.39 Å². The molecule has 0 amide bonds. The molecule has 170 valence electrons. The second-order valence-electron chi connectivity index (χ2n) is 8.97. The standard InChI is InChI=1S/C27H32FNO3/c1-19-23(18-29-16-21(17-29)14-27(30)31-2)8-7-22-15-25(11-12-26(19)22)32-13-3-4-20-5-9-24(28)10-6-20/h5-6,9-12,15,21H,3-4,7-8,13-14,16-18H2,1-2H3. The Morgan fingerprint density at radius 3 is 2.66 bits per heavy atom. The number of esters is 1. The van der Waals surface area contributed by atoms with Crippen LogP contribution in [0, 0.1) is 11.7 Å². The molecule has 0 aromatic heterocycles. The van der Waals surface area contributed by atoms with Gasteiger partial charge in [-0.25, -0.2) is 4.39 Å². The summed E-state index contributed by atoms with van der Waals surface area (Å²) in [5.74, 6) is 1.05. The van der Waals surface area contributed by atoms with Crippen molar-refractivity contribution in [1.29, 1.82) is 0 Å². The quantitative estimate of drug-likeness (QED) is 0.406. The Kier molecular flexibility index (Phi) is 7.26. The lowest BCUT2D eigenvalue weighted by molar-refractivity contribution is -0.143. The third-order valence-corrected chi connectivity index (χ3v) is 6.63. The number of hydrogen-bond acceptors (Lipinski definition) is 4. The maximum absolute atomic E-state index is 13.0. The Morgan fingerprint density at radius 1 is 1.12 bits per heavy atom. The first-order chi connectivity index (χ1) is 15.5. The van der Waals surface area contributed by atoms with Crippen LogP contribution in [0.2, 0.25) is 0 Å². The van der Waals surface area contributed by atoms with Crippen LogP contribution < -0.4 is 4.74 Å². The maximum atomic E-state index is 13.0. The number of halogens is 1. The molecule has 5 heteroatoms. The Hall–Kier alpha value is -2.66. The number of benzene rings is 2. The molecule has 1 aliphatic carbocycles. The summed E-state index contributed by atoms with van der Waals surface area (Å²) in [6.07, 6.45) is 4.42. The van der Waals surface area contributed by atoms with Crippen molar-refractivity contribution >= 4 is 11.5 Å². The van der Waals surface area contributed by atoms with Gasteiger partial charge in [-0.3, -0.25) is 9.69 Å². The Bertz CT molecular complexity index is 977. The molecule has 4 nitrogen and oxygen atoms in total. The Balaban J connectivity index is 1.27. The van der Waals surface area contributed by atoms with Crippen molar-refractivity contribution in [3.8, 4) is 5.75 Å². The highest BCUT2D eigenvalue weighted by atomic mass is 19.1. The number of likely N-dealkylation sites (tertiary alicyclic amines) is 1. The first kappa shape index (κ1) is 22.5. The van der Waals surface area contributed by atoms with E-state index in [4.69, 9.17) is 9.47 Å². The average Bonchev–Trinajstić information content (AvgIpc) is 2.77. The van der Waals surface area contributed by atoms with Gasteiger partial charge in [-0.05, 0) is 85.1 Å². The number of ether oxygens (including phenoxy) is 2. The summed E-state index contributed by atoms with van der Waals surface area (Å²) in [6.45, 7) is 5.82. The molecule has 1 aliphatic heterocycles. The largest absolute Gasteiger partial charge is 0.494 e. The van der Waals surface area contributed by atoms with Crippen LogP contribution in [0.25, 0.3) is 5.57 Å². The topological polar surface area (TPSA) is 38.8 Å². The molecule has 0 spiro atoms. The summed E-state index contributed by atoms with van der Waals surface area (Å²) >= 11 is 0. The van der Waals surface area contributed by atoms with Gasteiger partial charge in [0.25, 0.3) is 0 Å². The summed E-state index contributed by atoms with van der Waals surface area (Å²) in [5, 5.41) is 0. The molecule has 0 bridgehead atoms. The number of fused-ring (bicyclic) bond motifs is 1. The molecule has 4 rings (SSSR count). The number of aryl methyl sites for hydroxylation is 2. The van der Waals surface area contributed by atoms with Gasteiger partial charge in [0.15, 0.2) is 0 Å². The minimum absolute atomic E-state index is 0.106. The molecule has 1 heterocycles. The molecule has 0 unspecified atom stereocenters. The van der Waals surface area contributed by atoms with E-state index in [2.05, 4.69) is 30.0 Å². The number of carbonyl (C=O) groups is 1. The van der Waals surface area contributed by atoms with Gasteiger partial charge < -0.3 is 9.47 Å². The molecule has 2 aromatic rings. The molecule has 0 radical (unpaired) electrons. The lowest BCUT2D eigenvalue weighted by atomic mass is 9.85. The van der Waals surface area contributed by atoms with Crippen molar-refractivity contribution in [1.82, 2.24) is 4.90 Å². The first-order valence-corrected chi connectivity index (χ1v) is 11.5. The zero-order chi connectivity index (χ0) is 22.5. The number of methoxy groups -OCH3 is 1. The summed E-state index contributed by atoms with van der Waals surface area (Å²) in [4.78, 5) is 13.8. The van der Waals surface area contributed by atoms with E-state index in [0.29, 0.717) is 18.9 Å². The molecule has 2 aromatic carbocycles. The highest BCUT2D eigenvalue weighted by molar-refractivity contribution is 5.72. The molecule has 1 saturated heterocycles. The smallest absolute Gasteiger partial charge is 0.305 e. The number of nitrogens with zero attached hydrogens (tertiary/aromatic N) is 1. The summed E-state index contributed by atoms with van der Waals surface area (Å²) in [6, 6.07) is 13.1. The third kappa shape index (κ3) is 5.57. The lowest BCUT2D eigenvalue weighted by Crippen LogP contribution is -2.48. The van der Waals surface area contributed by atoms with Gasteiger partial charge >= 0.3 is 5.97 Å². The van der Waals surface area contributed by atoms with Gasteiger partial charge in [0.05, 0.1) is 20.1 Å². The zero-order valence-electron chi connectivity index (χ0n) is 19.0. The number of allylic oxidation sites excluding steroid dienone is 1. The van der Waals surface area contributed by atoms with Crippen LogP contribution in [0.15, 0.2) is 48.0 Å². The van der Waals surface area contributed by atoms with Gasteiger partial charge in [-0.2, -0.15) is 0 Å². The minimum atomic E-state index is -0.195. The molecule has 1 fully saturated rings. The van der Waals surface area contributed by atoms with Crippen LogP contribution in [0.3, 0.4) is 0 Å². The second-order valence-corrected chi connectivity index (χ2v) is 8.97. The average molecular weight is 438 g/mol. The van der Waals surface area contributed by atoms with Crippen molar-refractivity contribution < 1.29 is 18.7 Å². The van der Waals surface area contributed by atoms with Crippen molar-refractivity contribution in [3.05, 3.63) is 70.5 Å². The maximum Gasteiger partial charge on any atom is 0.305 e. The van der Waals surface area contributed by atoms with Gasteiger partial charge in [0.2, 0.25) is 0 Å². The molecular weight excluding hydrogens is 405 g/mol. The van der Waals surface area contributed by atoms with E-state index in [-0.39, 0.29) is 11.8 Å². The zero-order valence-corrected chi connectivity index (χ0v) is 19.0. The first-order valence-electron chi connectivity index (χ1n) is 11.5. The Morgan fingerprint density at radius 2 is 1.91 bits per heavy atom. The monoisotopic (exact) mass is 437 g/mol. The normalized spacial score (nSPS) is 16.5. The molecular formula is C27H32FNO3. The summed E-state index contributed by atoms with van der Waals surface area (Å²) in [5.41, 5.74) is 6.70.